The standard InChI is InChI=1S/C10H6N2O3S/c1-5-8(11-4-16-5)10-12-6-3-14-7(2-13)9(6)15-10/h2-4H,1H3. The molecule has 3 aromatic heterocycles. The maximum Gasteiger partial charge on any atom is 0.247 e. The van der Waals surface area contributed by atoms with Crippen LogP contribution in [0.15, 0.2) is 20.6 Å². The first kappa shape index (κ1) is 9.29. The van der Waals surface area contributed by atoms with Gasteiger partial charge in [0.25, 0.3) is 0 Å². The molecule has 80 valence electrons. The van der Waals surface area contributed by atoms with E-state index in [4.69, 9.17) is 8.83 Å². The molecule has 0 aliphatic heterocycles. The van der Waals surface area contributed by atoms with Gasteiger partial charge in [0.2, 0.25) is 17.2 Å². The number of hydrogen-bond donors (Lipinski definition) is 0. The SMILES string of the molecule is Cc1scnc1-c1nc2coc(C=O)c2o1. The summed E-state index contributed by atoms with van der Waals surface area (Å²) >= 11 is 1.52. The highest BCUT2D eigenvalue weighted by atomic mass is 32.1. The van der Waals surface area contributed by atoms with E-state index in [1.807, 2.05) is 6.92 Å². The fraction of sp³-hybridized carbons (Fsp3) is 0.100. The van der Waals surface area contributed by atoms with Crippen LogP contribution in [0.5, 0.6) is 0 Å². The van der Waals surface area contributed by atoms with Crippen LogP contribution in [0, 0.1) is 6.92 Å². The number of rotatable bonds is 2. The Bertz CT molecular complexity index is 665. The molecular weight excluding hydrogens is 228 g/mol. The molecule has 0 N–H and O–H groups in total. The molecule has 0 aliphatic carbocycles. The average molecular weight is 234 g/mol. The van der Waals surface area contributed by atoms with Gasteiger partial charge in [0.05, 0.1) is 5.51 Å². The van der Waals surface area contributed by atoms with Crippen LogP contribution in [0.25, 0.3) is 22.7 Å². The minimum Gasteiger partial charge on any atom is -0.455 e. The summed E-state index contributed by atoms with van der Waals surface area (Å²) in [6.45, 7) is 1.94. The molecule has 0 aromatic carbocycles. The smallest absolute Gasteiger partial charge is 0.247 e. The Hall–Kier alpha value is -1.95. The zero-order chi connectivity index (χ0) is 11.1. The maximum atomic E-state index is 10.6. The molecule has 16 heavy (non-hydrogen) atoms. The van der Waals surface area contributed by atoms with Gasteiger partial charge in [-0.25, -0.2) is 9.97 Å². The van der Waals surface area contributed by atoms with Crippen molar-refractivity contribution < 1.29 is 13.6 Å². The number of carbonyl (C=O) groups excluding carboxylic acids is 1. The molecule has 0 unspecified atom stereocenters. The van der Waals surface area contributed by atoms with Crippen molar-refractivity contribution in [2.45, 2.75) is 6.92 Å². The lowest BCUT2D eigenvalue weighted by atomic mass is 10.4. The van der Waals surface area contributed by atoms with E-state index < -0.39 is 0 Å². The first-order chi connectivity index (χ1) is 7.79. The zero-order valence-electron chi connectivity index (χ0n) is 8.26. The van der Waals surface area contributed by atoms with E-state index in [2.05, 4.69) is 9.97 Å². The number of hydrogen-bond acceptors (Lipinski definition) is 6. The van der Waals surface area contributed by atoms with E-state index in [0.29, 0.717) is 29.0 Å². The number of furan rings is 1. The predicted molar refractivity (Wildman–Crippen MR) is 57.5 cm³/mol. The predicted octanol–water partition coefficient (Wildman–Crippen LogP) is 2.67. The lowest BCUT2D eigenvalue weighted by molar-refractivity contribution is 0.110. The summed E-state index contributed by atoms with van der Waals surface area (Å²) in [5.74, 6) is 0.573. The monoisotopic (exact) mass is 234 g/mol. The Labute approximate surface area is 93.7 Å². The summed E-state index contributed by atoms with van der Waals surface area (Å²) in [7, 11) is 0. The minimum absolute atomic E-state index is 0.154. The third-order valence-corrected chi connectivity index (χ3v) is 2.99. The number of aromatic nitrogens is 2. The van der Waals surface area contributed by atoms with Crippen LogP contribution < -0.4 is 0 Å². The van der Waals surface area contributed by atoms with Crippen molar-refractivity contribution in [2.75, 3.05) is 0 Å². The van der Waals surface area contributed by atoms with Gasteiger partial charge in [0, 0.05) is 4.88 Å². The summed E-state index contributed by atoms with van der Waals surface area (Å²) in [5, 5.41) is 0. The van der Waals surface area contributed by atoms with Crippen molar-refractivity contribution >= 4 is 28.7 Å². The molecule has 3 heterocycles. The van der Waals surface area contributed by atoms with Gasteiger partial charge in [0.15, 0.2) is 6.29 Å². The molecule has 0 amide bonds. The van der Waals surface area contributed by atoms with Gasteiger partial charge in [-0.3, -0.25) is 4.79 Å². The van der Waals surface area contributed by atoms with Crippen LogP contribution in [-0.2, 0) is 0 Å². The van der Waals surface area contributed by atoms with Gasteiger partial charge < -0.3 is 8.83 Å². The van der Waals surface area contributed by atoms with E-state index >= 15 is 0 Å². The second-order valence-corrected chi connectivity index (χ2v) is 4.27. The second kappa shape index (κ2) is 3.28. The van der Waals surface area contributed by atoms with Gasteiger partial charge in [-0.05, 0) is 6.92 Å². The molecule has 0 saturated heterocycles. The summed E-state index contributed by atoms with van der Waals surface area (Å²) in [5.41, 5.74) is 3.34. The zero-order valence-corrected chi connectivity index (χ0v) is 9.08. The van der Waals surface area contributed by atoms with Crippen LogP contribution in [0.3, 0.4) is 0 Å². The molecule has 0 saturated carbocycles. The topological polar surface area (TPSA) is 69.1 Å². The van der Waals surface area contributed by atoms with Gasteiger partial charge in [0.1, 0.15) is 17.5 Å². The number of thiazole rings is 1. The Morgan fingerprint density at radius 1 is 1.50 bits per heavy atom. The molecule has 0 aliphatic rings. The fourth-order valence-corrected chi connectivity index (χ4v) is 2.02. The molecule has 0 bridgehead atoms. The molecule has 0 fully saturated rings. The van der Waals surface area contributed by atoms with Crippen molar-refractivity contribution in [2.24, 2.45) is 0 Å². The summed E-state index contributed by atoms with van der Waals surface area (Å²) < 4.78 is 10.4. The quantitative estimate of drug-likeness (QED) is 0.637. The number of aldehydes is 1. The Morgan fingerprint density at radius 2 is 2.38 bits per heavy atom. The minimum atomic E-state index is 0.154. The number of fused-ring (bicyclic) bond motifs is 1. The van der Waals surface area contributed by atoms with Crippen molar-refractivity contribution in [1.29, 1.82) is 0 Å². The summed E-state index contributed by atoms with van der Waals surface area (Å²) in [6.07, 6.45) is 2.00. The lowest BCUT2D eigenvalue weighted by Crippen LogP contribution is -1.79. The van der Waals surface area contributed by atoms with E-state index in [1.165, 1.54) is 17.6 Å². The van der Waals surface area contributed by atoms with E-state index in [1.54, 1.807) is 5.51 Å². The Kier molecular flexibility index (Phi) is 1.90. The molecule has 5 nitrogen and oxygen atoms in total. The van der Waals surface area contributed by atoms with Crippen molar-refractivity contribution in [3.8, 4) is 11.6 Å². The average Bonchev–Trinajstić information content (AvgIpc) is 2.90. The second-order valence-electron chi connectivity index (χ2n) is 3.21. The van der Waals surface area contributed by atoms with Crippen LogP contribution in [0.1, 0.15) is 15.4 Å². The van der Waals surface area contributed by atoms with Crippen LogP contribution in [-0.4, -0.2) is 16.3 Å². The van der Waals surface area contributed by atoms with E-state index in [9.17, 15) is 4.79 Å². The van der Waals surface area contributed by atoms with Gasteiger partial charge in [-0.15, -0.1) is 11.3 Å². The maximum absolute atomic E-state index is 10.6. The van der Waals surface area contributed by atoms with E-state index in [-0.39, 0.29) is 5.76 Å². The molecular formula is C10H6N2O3S. The molecule has 0 spiro atoms. The van der Waals surface area contributed by atoms with E-state index in [0.717, 1.165) is 4.88 Å². The van der Waals surface area contributed by atoms with Crippen LogP contribution in [0.2, 0.25) is 0 Å². The molecule has 6 heteroatoms. The fourth-order valence-electron chi connectivity index (χ4n) is 1.45. The Morgan fingerprint density at radius 3 is 3.06 bits per heavy atom. The number of nitrogens with zero attached hydrogens (tertiary/aromatic N) is 2. The van der Waals surface area contributed by atoms with Crippen molar-refractivity contribution in [3.63, 3.8) is 0 Å². The van der Waals surface area contributed by atoms with Crippen LogP contribution >= 0.6 is 11.3 Å². The van der Waals surface area contributed by atoms with Gasteiger partial charge in [-0.2, -0.15) is 0 Å². The largest absolute Gasteiger partial charge is 0.455 e. The first-order valence-electron chi connectivity index (χ1n) is 4.53. The molecule has 0 atom stereocenters. The van der Waals surface area contributed by atoms with Crippen molar-refractivity contribution in [1.82, 2.24) is 9.97 Å². The van der Waals surface area contributed by atoms with Gasteiger partial charge in [-0.1, -0.05) is 0 Å². The Balaban J connectivity index is 2.23. The van der Waals surface area contributed by atoms with Crippen molar-refractivity contribution in [3.05, 3.63) is 22.4 Å². The van der Waals surface area contributed by atoms with Gasteiger partial charge >= 0.3 is 0 Å². The highest BCUT2D eigenvalue weighted by molar-refractivity contribution is 7.10. The first-order valence-corrected chi connectivity index (χ1v) is 5.41. The highest BCUT2D eigenvalue weighted by Gasteiger charge is 2.17. The number of aryl methyl sites for hydroxylation is 1. The third-order valence-electron chi connectivity index (χ3n) is 2.23. The molecule has 3 rings (SSSR count). The summed E-state index contributed by atoms with van der Waals surface area (Å²) in [4.78, 5) is 20.0. The van der Waals surface area contributed by atoms with Crippen LogP contribution in [0.4, 0.5) is 0 Å². The third kappa shape index (κ3) is 1.20. The highest BCUT2D eigenvalue weighted by Crippen LogP contribution is 2.29. The lowest BCUT2D eigenvalue weighted by Gasteiger charge is -1.89. The normalized spacial score (nSPS) is 11.1. The number of oxazole rings is 1. The molecule has 0 radical (unpaired) electrons. The number of carbonyl (C=O) groups is 1. The molecule has 3 aromatic rings. The summed E-state index contributed by atoms with van der Waals surface area (Å²) in [6, 6.07) is 0.